The number of aliphatic carboxylic acids is 1. The topological polar surface area (TPSA) is 94.1 Å². The lowest BCUT2D eigenvalue weighted by Crippen LogP contribution is -2.76. The minimum absolute atomic E-state index is 0.183. The highest BCUT2D eigenvalue weighted by Crippen LogP contribution is 2.51. The fourth-order valence-corrected chi connectivity index (χ4v) is 3.84. The SMILES string of the molecule is CCOC1CC(NC(=O)CCCc2ccc(OC)cc2OC)(C(=O)O)C1(C)C. The molecule has 1 aliphatic rings. The Bertz CT molecular complexity index is 717. The molecule has 0 radical (unpaired) electrons. The molecule has 7 heteroatoms. The minimum Gasteiger partial charge on any atom is -0.497 e. The van der Waals surface area contributed by atoms with Crippen LogP contribution in [0.15, 0.2) is 18.2 Å². The predicted octanol–water partition coefficient (Wildman–Crippen LogP) is 2.80. The molecule has 2 rings (SSSR count). The van der Waals surface area contributed by atoms with Gasteiger partial charge in [-0.25, -0.2) is 4.79 Å². The summed E-state index contributed by atoms with van der Waals surface area (Å²) in [6.45, 7) is 6.05. The van der Waals surface area contributed by atoms with Crippen molar-refractivity contribution in [2.75, 3.05) is 20.8 Å². The first-order chi connectivity index (χ1) is 13.2. The largest absolute Gasteiger partial charge is 0.497 e. The molecule has 0 spiro atoms. The average Bonchev–Trinajstić information content (AvgIpc) is 2.66. The molecule has 1 aromatic carbocycles. The summed E-state index contributed by atoms with van der Waals surface area (Å²) in [7, 11) is 3.18. The Morgan fingerprint density at radius 2 is 1.96 bits per heavy atom. The van der Waals surface area contributed by atoms with Crippen LogP contribution in [0.25, 0.3) is 0 Å². The maximum atomic E-state index is 12.5. The summed E-state index contributed by atoms with van der Waals surface area (Å²) in [6, 6.07) is 5.57. The monoisotopic (exact) mass is 393 g/mol. The summed E-state index contributed by atoms with van der Waals surface area (Å²) < 4.78 is 16.2. The second kappa shape index (κ2) is 8.82. The van der Waals surface area contributed by atoms with Gasteiger partial charge in [-0.1, -0.05) is 19.9 Å². The van der Waals surface area contributed by atoms with Crippen molar-refractivity contribution in [3.05, 3.63) is 23.8 Å². The van der Waals surface area contributed by atoms with Crippen molar-refractivity contribution in [2.24, 2.45) is 5.41 Å². The quantitative estimate of drug-likeness (QED) is 0.635. The van der Waals surface area contributed by atoms with E-state index in [2.05, 4.69) is 5.32 Å². The first kappa shape index (κ1) is 22.0. The molecule has 1 aliphatic carbocycles. The van der Waals surface area contributed by atoms with E-state index < -0.39 is 16.9 Å². The summed E-state index contributed by atoms with van der Waals surface area (Å²) in [6.07, 6.45) is 1.56. The third-order valence-corrected chi connectivity index (χ3v) is 5.83. The van der Waals surface area contributed by atoms with Gasteiger partial charge in [0.2, 0.25) is 5.91 Å². The molecule has 0 saturated heterocycles. The number of carbonyl (C=O) groups excluding carboxylic acids is 1. The van der Waals surface area contributed by atoms with Crippen molar-refractivity contribution < 1.29 is 28.9 Å². The summed E-state index contributed by atoms with van der Waals surface area (Å²) in [5, 5.41) is 12.5. The van der Waals surface area contributed by atoms with E-state index >= 15 is 0 Å². The van der Waals surface area contributed by atoms with Gasteiger partial charge in [-0.3, -0.25) is 4.79 Å². The summed E-state index contributed by atoms with van der Waals surface area (Å²) in [4.78, 5) is 24.4. The van der Waals surface area contributed by atoms with Crippen molar-refractivity contribution in [1.29, 1.82) is 0 Å². The number of nitrogens with one attached hydrogen (secondary N) is 1. The van der Waals surface area contributed by atoms with Gasteiger partial charge in [-0.2, -0.15) is 0 Å². The number of amides is 1. The van der Waals surface area contributed by atoms with Crippen LogP contribution < -0.4 is 14.8 Å². The Morgan fingerprint density at radius 3 is 2.50 bits per heavy atom. The van der Waals surface area contributed by atoms with Crippen LogP contribution in [-0.4, -0.2) is 49.5 Å². The van der Waals surface area contributed by atoms with Crippen LogP contribution in [0.1, 0.15) is 45.6 Å². The van der Waals surface area contributed by atoms with Crippen LogP contribution in [0.5, 0.6) is 11.5 Å². The van der Waals surface area contributed by atoms with Crippen molar-refractivity contribution in [3.63, 3.8) is 0 Å². The van der Waals surface area contributed by atoms with Crippen LogP contribution in [-0.2, 0) is 20.7 Å². The highest BCUT2D eigenvalue weighted by atomic mass is 16.5. The highest BCUT2D eigenvalue weighted by Gasteiger charge is 2.66. The van der Waals surface area contributed by atoms with Gasteiger partial charge >= 0.3 is 5.97 Å². The van der Waals surface area contributed by atoms with E-state index in [1.807, 2.05) is 32.9 Å². The van der Waals surface area contributed by atoms with E-state index in [1.54, 1.807) is 20.3 Å². The minimum atomic E-state index is -1.29. The lowest BCUT2D eigenvalue weighted by atomic mass is 9.54. The molecule has 7 nitrogen and oxygen atoms in total. The highest BCUT2D eigenvalue weighted by molar-refractivity contribution is 5.89. The smallest absolute Gasteiger partial charge is 0.330 e. The Kier molecular flexibility index (Phi) is 6.93. The first-order valence-corrected chi connectivity index (χ1v) is 9.58. The molecule has 0 heterocycles. The molecular formula is C21H31NO6. The van der Waals surface area contributed by atoms with E-state index in [4.69, 9.17) is 14.2 Å². The Labute approximate surface area is 166 Å². The van der Waals surface area contributed by atoms with Crippen molar-refractivity contribution in [2.45, 2.75) is 58.1 Å². The van der Waals surface area contributed by atoms with E-state index in [9.17, 15) is 14.7 Å². The lowest BCUT2D eigenvalue weighted by molar-refractivity contribution is -0.194. The van der Waals surface area contributed by atoms with Gasteiger partial charge in [0.05, 0.1) is 20.3 Å². The molecule has 1 aromatic rings. The molecule has 1 amide bonds. The standard InChI is InChI=1S/C21H31NO6/c1-6-28-17-13-21(19(24)25,20(17,2)3)22-18(23)9-7-8-14-10-11-15(26-4)12-16(14)27-5/h10-12,17H,6-9,13H2,1-5H3,(H,22,23)(H,24,25). The third-order valence-electron chi connectivity index (χ3n) is 5.83. The first-order valence-electron chi connectivity index (χ1n) is 9.58. The second-order valence-electron chi connectivity index (χ2n) is 7.66. The zero-order chi connectivity index (χ0) is 20.9. The number of aryl methyl sites for hydroxylation is 1. The number of carbonyl (C=O) groups is 2. The van der Waals surface area contributed by atoms with Gasteiger partial charge in [0, 0.05) is 30.9 Å². The van der Waals surface area contributed by atoms with Gasteiger partial charge < -0.3 is 24.6 Å². The van der Waals surface area contributed by atoms with Crippen molar-refractivity contribution >= 4 is 11.9 Å². The number of rotatable bonds is 10. The van der Waals surface area contributed by atoms with Crippen LogP contribution in [0, 0.1) is 5.41 Å². The molecule has 1 saturated carbocycles. The predicted molar refractivity (Wildman–Crippen MR) is 105 cm³/mol. The second-order valence-corrected chi connectivity index (χ2v) is 7.66. The van der Waals surface area contributed by atoms with E-state index in [1.165, 1.54) is 0 Å². The maximum absolute atomic E-state index is 12.5. The van der Waals surface area contributed by atoms with Crippen LogP contribution in [0.2, 0.25) is 0 Å². The van der Waals surface area contributed by atoms with Gasteiger partial charge in [0.25, 0.3) is 0 Å². The molecule has 1 fully saturated rings. The molecule has 0 aromatic heterocycles. The zero-order valence-electron chi connectivity index (χ0n) is 17.3. The third kappa shape index (κ3) is 4.09. The van der Waals surface area contributed by atoms with Crippen molar-refractivity contribution in [3.8, 4) is 11.5 Å². The normalized spacial score (nSPS) is 22.8. The summed E-state index contributed by atoms with van der Waals surface area (Å²) >= 11 is 0. The number of benzene rings is 1. The van der Waals surface area contributed by atoms with E-state index in [0.717, 1.165) is 5.56 Å². The fourth-order valence-electron chi connectivity index (χ4n) is 3.84. The number of carboxylic acid groups (broad SMARTS) is 1. The van der Waals surface area contributed by atoms with E-state index in [-0.39, 0.29) is 24.9 Å². The number of methoxy groups -OCH3 is 2. The molecule has 156 valence electrons. The molecule has 0 aliphatic heterocycles. The van der Waals surface area contributed by atoms with Gasteiger partial charge in [-0.05, 0) is 31.4 Å². The Hall–Kier alpha value is -2.28. The molecule has 0 bridgehead atoms. The summed E-state index contributed by atoms with van der Waals surface area (Å²) in [5.41, 5.74) is -0.991. The van der Waals surface area contributed by atoms with E-state index in [0.29, 0.717) is 30.9 Å². The van der Waals surface area contributed by atoms with Crippen LogP contribution in [0.4, 0.5) is 0 Å². The van der Waals surface area contributed by atoms with Gasteiger partial charge in [-0.15, -0.1) is 0 Å². The summed E-state index contributed by atoms with van der Waals surface area (Å²) in [5.74, 6) is 0.135. The van der Waals surface area contributed by atoms with Crippen LogP contribution in [0.3, 0.4) is 0 Å². The average molecular weight is 393 g/mol. The molecule has 2 atom stereocenters. The number of hydrogen-bond donors (Lipinski definition) is 2. The number of carboxylic acids is 1. The van der Waals surface area contributed by atoms with Crippen molar-refractivity contribution in [1.82, 2.24) is 5.32 Å². The fraction of sp³-hybridized carbons (Fsp3) is 0.619. The number of hydrogen-bond acceptors (Lipinski definition) is 5. The maximum Gasteiger partial charge on any atom is 0.330 e. The van der Waals surface area contributed by atoms with Gasteiger partial charge in [0.1, 0.15) is 17.0 Å². The number of ether oxygens (including phenoxy) is 3. The lowest BCUT2D eigenvalue weighted by Gasteiger charge is -2.58. The molecule has 2 unspecified atom stereocenters. The van der Waals surface area contributed by atoms with Crippen LogP contribution >= 0.6 is 0 Å². The Morgan fingerprint density at radius 1 is 1.25 bits per heavy atom. The molecular weight excluding hydrogens is 362 g/mol. The Balaban J connectivity index is 1.96. The molecule has 2 N–H and O–H groups in total. The molecule has 28 heavy (non-hydrogen) atoms. The van der Waals surface area contributed by atoms with Gasteiger partial charge in [0.15, 0.2) is 0 Å². The zero-order valence-corrected chi connectivity index (χ0v) is 17.3.